The topological polar surface area (TPSA) is 81.5 Å². The lowest BCUT2D eigenvalue weighted by molar-refractivity contribution is -0.130. The SMILES string of the molecule is COC(I)=C(C(=O)O)c1ccccc1Oc1cc(Cl)ncn1. The molecule has 0 atom stereocenters. The summed E-state index contributed by atoms with van der Waals surface area (Å²) in [6, 6.07) is 8.12. The van der Waals surface area contributed by atoms with Crippen LogP contribution in [0, 0.1) is 0 Å². The number of aliphatic carboxylic acids is 1. The summed E-state index contributed by atoms with van der Waals surface area (Å²) in [5.41, 5.74) is 0.370. The van der Waals surface area contributed by atoms with Crippen molar-refractivity contribution in [3.63, 3.8) is 0 Å². The van der Waals surface area contributed by atoms with Crippen molar-refractivity contribution in [2.24, 2.45) is 0 Å². The molecule has 0 unspecified atom stereocenters. The molecule has 0 spiro atoms. The van der Waals surface area contributed by atoms with Crippen LogP contribution in [0.25, 0.3) is 5.57 Å². The van der Waals surface area contributed by atoms with Crippen molar-refractivity contribution in [3.8, 4) is 11.6 Å². The van der Waals surface area contributed by atoms with Gasteiger partial charge >= 0.3 is 5.97 Å². The molecule has 6 nitrogen and oxygen atoms in total. The van der Waals surface area contributed by atoms with Gasteiger partial charge in [-0.1, -0.05) is 29.8 Å². The van der Waals surface area contributed by atoms with E-state index in [0.29, 0.717) is 11.3 Å². The average Bonchev–Trinajstić information content (AvgIpc) is 2.48. The molecule has 0 aliphatic rings. The number of benzene rings is 1. The van der Waals surface area contributed by atoms with Crippen molar-refractivity contribution < 1.29 is 19.4 Å². The van der Waals surface area contributed by atoms with Crippen LogP contribution < -0.4 is 4.74 Å². The summed E-state index contributed by atoms with van der Waals surface area (Å²) in [5, 5.41) is 9.64. The van der Waals surface area contributed by atoms with E-state index in [0.717, 1.165) is 0 Å². The number of carboxylic acid groups (broad SMARTS) is 1. The highest BCUT2D eigenvalue weighted by atomic mass is 127. The Bertz CT molecular complexity index is 736. The number of rotatable bonds is 5. The normalized spacial score (nSPS) is 11.6. The first-order chi connectivity index (χ1) is 10.5. The van der Waals surface area contributed by atoms with Crippen molar-refractivity contribution in [1.29, 1.82) is 0 Å². The fourth-order valence-electron chi connectivity index (χ4n) is 1.66. The Morgan fingerprint density at radius 2 is 2.05 bits per heavy atom. The molecule has 1 N–H and O–H groups in total. The van der Waals surface area contributed by atoms with Crippen LogP contribution in [-0.2, 0) is 9.53 Å². The monoisotopic (exact) mass is 432 g/mol. The third-order valence-electron chi connectivity index (χ3n) is 2.57. The molecule has 2 rings (SSSR count). The zero-order valence-electron chi connectivity index (χ0n) is 11.3. The molecule has 1 aromatic carbocycles. The summed E-state index contributed by atoms with van der Waals surface area (Å²) in [6.45, 7) is 0. The molecular formula is C14H10ClIN2O4. The van der Waals surface area contributed by atoms with Gasteiger partial charge in [0.25, 0.3) is 0 Å². The lowest BCUT2D eigenvalue weighted by Gasteiger charge is -2.12. The first-order valence-electron chi connectivity index (χ1n) is 5.94. The van der Waals surface area contributed by atoms with Crippen molar-refractivity contribution >= 4 is 45.7 Å². The van der Waals surface area contributed by atoms with Crippen molar-refractivity contribution in [2.45, 2.75) is 0 Å². The second kappa shape index (κ2) is 7.41. The van der Waals surface area contributed by atoms with Crippen LogP contribution in [0.4, 0.5) is 0 Å². The number of hydrogen-bond acceptors (Lipinski definition) is 5. The van der Waals surface area contributed by atoms with Gasteiger partial charge in [-0.2, -0.15) is 0 Å². The number of hydrogen-bond donors (Lipinski definition) is 1. The van der Waals surface area contributed by atoms with Crippen molar-refractivity contribution in [3.05, 3.63) is 51.1 Å². The van der Waals surface area contributed by atoms with Gasteiger partial charge in [0.1, 0.15) is 22.8 Å². The lowest BCUT2D eigenvalue weighted by atomic mass is 10.1. The van der Waals surface area contributed by atoms with E-state index in [-0.39, 0.29) is 20.4 Å². The molecule has 0 saturated heterocycles. The Morgan fingerprint density at radius 1 is 1.32 bits per heavy atom. The highest BCUT2D eigenvalue weighted by Crippen LogP contribution is 2.33. The van der Waals surface area contributed by atoms with Crippen LogP contribution in [0.5, 0.6) is 11.6 Å². The van der Waals surface area contributed by atoms with Crippen LogP contribution in [0.15, 0.2) is 40.4 Å². The molecule has 1 heterocycles. The van der Waals surface area contributed by atoms with Gasteiger partial charge in [0.05, 0.1) is 7.11 Å². The van der Waals surface area contributed by atoms with E-state index < -0.39 is 5.97 Å². The van der Waals surface area contributed by atoms with Gasteiger partial charge in [0, 0.05) is 11.6 Å². The van der Waals surface area contributed by atoms with E-state index in [9.17, 15) is 9.90 Å². The van der Waals surface area contributed by atoms with Crippen LogP contribution in [0.2, 0.25) is 5.15 Å². The fraction of sp³-hybridized carbons (Fsp3) is 0.0714. The van der Waals surface area contributed by atoms with E-state index in [2.05, 4.69) is 9.97 Å². The lowest BCUT2D eigenvalue weighted by Crippen LogP contribution is -2.04. The molecule has 0 saturated carbocycles. The molecule has 2 aromatic rings. The van der Waals surface area contributed by atoms with E-state index in [1.165, 1.54) is 19.5 Å². The molecule has 0 aliphatic heterocycles. The molecule has 0 bridgehead atoms. The number of carboxylic acids is 1. The first kappa shape index (κ1) is 16.5. The summed E-state index contributed by atoms with van der Waals surface area (Å²) in [6.07, 6.45) is 1.26. The van der Waals surface area contributed by atoms with Gasteiger partial charge in [0.2, 0.25) is 5.88 Å². The highest BCUT2D eigenvalue weighted by molar-refractivity contribution is 14.1. The maximum Gasteiger partial charge on any atom is 0.340 e. The number of nitrogens with zero attached hydrogens (tertiary/aromatic N) is 2. The average molecular weight is 433 g/mol. The number of halogens is 2. The van der Waals surface area contributed by atoms with Crippen LogP contribution in [0.1, 0.15) is 5.56 Å². The van der Waals surface area contributed by atoms with E-state index >= 15 is 0 Å². The minimum Gasteiger partial charge on any atom is -0.490 e. The van der Waals surface area contributed by atoms with Gasteiger partial charge in [-0.05, 0) is 28.7 Å². The minimum absolute atomic E-state index is 0.00106. The van der Waals surface area contributed by atoms with Crippen molar-refractivity contribution in [1.82, 2.24) is 9.97 Å². The molecule has 22 heavy (non-hydrogen) atoms. The summed E-state index contributed by atoms with van der Waals surface area (Å²) in [7, 11) is 1.40. The first-order valence-corrected chi connectivity index (χ1v) is 7.40. The van der Waals surface area contributed by atoms with Gasteiger partial charge in [0.15, 0.2) is 3.77 Å². The minimum atomic E-state index is -1.12. The number of aromatic nitrogens is 2. The number of carbonyl (C=O) groups is 1. The van der Waals surface area contributed by atoms with Crippen LogP contribution in [0.3, 0.4) is 0 Å². The second-order valence-electron chi connectivity index (χ2n) is 3.94. The predicted octanol–water partition coefficient (Wildman–Crippen LogP) is 3.76. The van der Waals surface area contributed by atoms with Gasteiger partial charge in [-0.25, -0.2) is 14.8 Å². The summed E-state index contributed by atoms with van der Waals surface area (Å²) in [5.74, 6) is -0.589. The van der Waals surface area contributed by atoms with Crippen LogP contribution in [-0.4, -0.2) is 28.2 Å². The number of para-hydroxylation sites is 1. The summed E-state index contributed by atoms with van der Waals surface area (Å²) >= 11 is 7.59. The Kier molecular flexibility index (Phi) is 5.56. The summed E-state index contributed by atoms with van der Waals surface area (Å²) < 4.78 is 10.9. The fourth-order valence-corrected chi connectivity index (χ4v) is 2.31. The smallest absolute Gasteiger partial charge is 0.340 e. The second-order valence-corrected chi connectivity index (χ2v) is 5.30. The van der Waals surface area contributed by atoms with E-state index in [1.54, 1.807) is 24.3 Å². The standard InChI is InChI=1S/C14H10ClIN2O4/c1-21-13(16)12(14(19)20)8-4-2-3-5-9(8)22-11-6-10(15)17-7-18-11/h2-7H,1H3,(H,19,20). The molecule has 0 fully saturated rings. The maximum atomic E-state index is 11.5. The van der Waals surface area contributed by atoms with Crippen molar-refractivity contribution in [2.75, 3.05) is 7.11 Å². The largest absolute Gasteiger partial charge is 0.490 e. The van der Waals surface area contributed by atoms with Gasteiger partial charge < -0.3 is 14.6 Å². The molecule has 0 radical (unpaired) electrons. The van der Waals surface area contributed by atoms with Gasteiger partial charge in [-0.15, -0.1) is 0 Å². The molecule has 8 heteroatoms. The van der Waals surface area contributed by atoms with E-state index in [4.69, 9.17) is 21.1 Å². The van der Waals surface area contributed by atoms with Gasteiger partial charge in [-0.3, -0.25) is 0 Å². The Labute approximate surface area is 144 Å². The maximum absolute atomic E-state index is 11.5. The zero-order valence-corrected chi connectivity index (χ0v) is 14.2. The van der Waals surface area contributed by atoms with E-state index in [1.807, 2.05) is 22.6 Å². The molecule has 0 aliphatic carbocycles. The highest BCUT2D eigenvalue weighted by Gasteiger charge is 2.20. The molecule has 1 aromatic heterocycles. The number of ether oxygens (including phenoxy) is 2. The third-order valence-corrected chi connectivity index (χ3v) is 3.76. The Morgan fingerprint density at radius 3 is 2.68 bits per heavy atom. The predicted molar refractivity (Wildman–Crippen MR) is 89.1 cm³/mol. The third kappa shape index (κ3) is 3.86. The zero-order chi connectivity index (χ0) is 16.1. The summed E-state index contributed by atoms with van der Waals surface area (Å²) in [4.78, 5) is 19.2. The van der Waals surface area contributed by atoms with Crippen LogP contribution >= 0.6 is 34.2 Å². The molecule has 0 amide bonds. The Balaban J connectivity index is 2.49. The quantitative estimate of drug-likeness (QED) is 0.335. The number of methoxy groups -OCH3 is 1. The Hall–Kier alpha value is -1.87. The molecule has 114 valence electrons. The molecular weight excluding hydrogens is 423 g/mol.